The van der Waals surface area contributed by atoms with Crippen LogP contribution < -0.4 is 10.1 Å². The molecule has 0 heterocycles. The highest BCUT2D eigenvalue weighted by Crippen LogP contribution is 2.12. The quantitative estimate of drug-likeness (QED) is 0.858. The molecule has 0 spiro atoms. The van der Waals surface area contributed by atoms with Gasteiger partial charge >= 0.3 is 0 Å². The molecule has 1 atom stereocenters. The summed E-state index contributed by atoms with van der Waals surface area (Å²) in [4.78, 5) is 0. The van der Waals surface area contributed by atoms with Crippen molar-refractivity contribution < 1.29 is 4.74 Å². The van der Waals surface area contributed by atoms with Crippen LogP contribution in [-0.4, -0.2) is 12.6 Å². The first-order valence-electron chi connectivity index (χ1n) is 6.26. The van der Waals surface area contributed by atoms with Crippen LogP contribution in [0.2, 0.25) is 0 Å². The molecule has 2 heteroatoms. The van der Waals surface area contributed by atoms with Crippen LogP contribution >= 0.6 is 0 Å². The highest BCUT2D eigenvalue weighted by Gasteiger charge is 2.03. The van der Waals surface area contributed by atoms with E-state index < -0.39 is 0 Å². The Hall–Kier alpha value is -1.96. The molecule has 94 valence electrons. The van der Waals surface area contributed by atoms with E-state index in [1.807, 2.05) is 30.3 Å². The third-order valence-corrected chi connectivity index (χ3v) is 2.69. The van der Waals surface area contributed by atoms with E-state index in [0.29, 0.717) is 0 Å². The highest BCUT2D eigenvalue weighted by molar-refractivity contribution is 5.45. The van der Waals surface area contributed by atoms with E-state index in [9.17, 15) is 0 Å². The third kappa shape index (κ3) is 3.81. The predicted octanol–water partition coefficient (Wildman–Crippen LogP) is 3.87. The van der Waals surface area contributed by atoms with E-state index >= 15 is 0 Å². The van der Waals surface area contributed by atoms with Gasteiger partial charge in [-0.15, -0.1) is 0 Å². The molecule has 0 aliphatic rings. The SMILES string of the molecule is Cc1cccc(NCC(C)Oc2ccccc2)c1. The van der Waals surface area contributed by atoms with Crippen molar-refractivity contribution >= 4 is 5.69 Å². The predicted molar refractivity (Wildman–Crippen MR) is 76.2 cm³/mol. The second kappa shape index (κ2) is 6.10. The van der Waals surface area contributed by atoms with Gasteiger partial charge < -0.3 is 10.1 Å². The average molecular weight is 241 g/mol. The zero-order valence-electron chi connectivity index (χ0n) is 10.9. The first-order valence-corrected chi connectivity index (χ1v) is 6.26. The number of para-hydroxylation sites is 1. The van der Waals surface area contributed by atoms with Gasteiger partial charge in [-0.25, -0.2) is 0 Å². The number of aryl methyl sites for hydroxylation is 1. The van der Waals surface area contributed by atoms with Crippen molar-refractivity contribution in [1.82, 2.24) is 0 Å². The average Bonchev–Trinajstić information content (AvgIpc) is 2.38. The van der Waals surface area contributed by atoms with Crippen LogP contribution in [0.5, 0.6) is 5.75 Å². The Kier molecular flexibility index (Phi) is 4.24. The molecule has 0 radical (unpaired) electrons. The van der Waals surface area contributed by atoms with Crippen molar-refractivity contribution in [3.05, 3.63) is 60.2 Å². The van der Waals surface area contributed by atoms with Gasteiger partial charge in [-0.3, -0.25) is 0 Å². The summed E-state index contributed by atoms with van der Waals surface area (Å²) in [5.74, 6) is 0.913. The van der Waals surface area contributed by atoms with Crippen molar-refractivity contribution in [1.29, 1.82) is 0 Å². The molecular weight excluding hydrogens is 222 g/mol. The summed E-state index contributed by atoms with van der Waals surface area (Å²) < 4.78 is 5.80. The Labute approximate surface area is 109 Å². The number of nitrogens with one attached hydrogen (secondary N) is 1. The zero-order chi connectivity index (χ0) is 12.8. The maximum atomic E-state index is 5.80. The first kappa shape index (κ1) is 12.5. The zero-order valence-corrected chi connectivity index (χ0v) is 10.9. The van der Waals surface area contributed by atoms with E-state index in [1.54, 1.807) is 0 Å². The molecule has 1 unspecified atom stereocenters. The Balaban J connectivity index is 1.83. The summed E-state index contributed by atoms with van der Waals surface area (Å²) in [6.45, 7) is 4.95. The van der Waals surface area contributed by atoms with E-state index in [0.717, 1.165) is 18.0 Å². The van der Waals surface area contributed by atoms with Crippen LogP contribution in [0.15, 0.2) is 54.6 Å². The molecular formula is C16H19NO. The molecule has 0 fully saturated rings. The molecule has 2 aromatic carbocycles. The summed E-state index contributed by atoms with van der Waals surface area (Å²) in [6.07, 6.45) is 0.132. The number of ether oxygens (including phenoxy) is 1. The van der Waals surface area contributed by atoms with Gasteiger partial charge in [-0.1, -0.05) is 30.3 Å². The largest absolute Gasteiger partial charge is 0.489 e. The van der Waals surface area contributed by atoms with Gasteiger partial charge in [0.1, 0.15) is 11.9 Å². The van der Waals surface area contributed by atoms with Crippen LogP contribution in [0.25, 0.3) is 0 Å². The fraction of sp³-hybridized carbons (Fsp3) is 0.250. The van der Waals surface area contributed by atoms with Crippen LogP contribution in [0.3, 0.4) is 0 Å². The van der Waals surface area contributed by atoms with Gasteiger partial charge in [0.25, 0.3) is 0 Å². The number of benzene rings is 2. The minimum absolute atomic E-state index is 0.132. The fourth-order valence-electron chi connectivity index (χ4n) is 1.79. The van der Waals surface area contributed by atoms with Crippen LogP contribution in [0, 0.1) is 6.92 Å². The molecule has 2 nitrogen and oxygen atoms in total. The Bertz CT molecular complexity index is 481. The summed E-state index contributed by atoms with van der Waals surface area (Å²) in [7, 11) is 0. The summed E-state index contributed by atoms with van der Waals surface area (Å²) in [5, 5.41) is 3.38. The summed E-state index contributed by atoms with van der Waals surface area (Å²) in [5.41, 5.74) is 2.40. The maximum absolute atomic E-state index is 5.80. The summed E-state index contributed by atoms with van der Waals surface area (Å²) in [6, 6.07) is 18.3. The molecule has 0 aromatic heterocycles. The number of rotatable bonds is 5. The highest BCUT2D eigenvalue weighted by atomic mass is 16.5. The number of hydrogen-bond acceptors (Lipinski definition) is 2. The standard InChI is InChI=1S/C16H19NO/c1-13-7-6-8-15(11-13)17-12-14(2)18-16-9-4-3-5-10-16/h3-11,14,17H,12H2,1-2H3. The van der Waals surface area contributed by atoms with Crippen molar-refractivity contribution in [2.24, 2.45) is 0 Å². The minimum Gasteiger partial charge on any atom is -0.489 e. The fourth-order valence-corrected chi connectivity index (χ4v) is 1.79. The first-order chi connectivity index (χ1) is 8.74. The van der Waals surface area contributed by atoms with E-state index in [4.69, 9.17) is 4.74 Å². The van der Waals surface area contributed by atoms with Crippen LogP contribution in [0.1, 0.15) is 12.5 Å². The molecule has 0 amide bonds. The Morgan fingerprint density at radius 2 is 1.83 bits per heavy atom. The van der Waals surface area contributed by atoms with E-state index in [-0.39, 0.29) is 6.10 Å². The van der Waals surface area contributed by atoms with Crippen LogP contribution in [-0.2, 0) is 0 Å². The molecule has 18 heavy (non-hydrogen) atoms. The van der Waals surface area contributed by atoms with Gasteiger partial charge in [0.15, 0.2) is 0 Å². The monoisotopic (exact) mass is 241 g/mol. The lowest BCUT2D eigenvalue weighted by Crippen LogP contribution is -2.22. The lowest BCUT2D eigenvalue weighted by Gasteiger charge is -2.16. The van der Waals surface area contributed by atoms with Gasteiger partial charge in [0.05, 0.1) is 6.54 Å². The van der Waals surface area contributed by atoms with Gasteiger partial charge in [0.2, 0.25) is 0 Å². The Morgan fingerprint density at radius 3 is 2.56 bits per heavy atom. The smallest absolute Gasteiger partial charge is 0.119 e. The molecule has 0 aliphatic carbocycles. The molecule has 0 aliphatic heterocycles. The Morgan fingerprint density at radius 1 is 1.06 bits per heavy atom. The third-order valence-electron chi connectivity index (χ3n) is 2.69. The number of hydrogen-bond donors (Lipinski definition) is 1. The molecule has 0 saturated heterocycles. The van der Waals surface area contributed by atoms with E-state index in [1.165, 1.54) is 5.56 Å². The van der Waals surface area contributed by atoms with Crippen LogP contribution in [0.4, 0.5) is 5.69 Å². The van der Waals surface area contributed by atoms with Crippen molar-refractivity contribution in [3.63, 3.8) is 0 Å². The molecule has 1 N–H and O–H groups in total. The molecule has 2 rings (SSSR count). The molecule has 0 bridgehead atoms. The number of anilines is 1. The minimum atomic E-state index is 0.132. The molecule has 0 saturated carbocycles. The van der Waals surface area contributed by atoms with Crippen molar-refractivity contribution in [3.8, 4) is 5.75 Å². The lowest BCUT2D eigenvalue weighted by molar-refractivity contribution is 0.235. The van der Waals surface area contributed by atoms with E-state index in [2.05, 4.69) is 43.4 Å². The summed E-state index contributed by atoms with van der Waals surface area (Å²) >= 11 is 0. The van der Waals surface area contributed by atoms with Crippen molar-refractivity contribution in [2.45, 2.75) is 20.0 Å². The van der Waals surface area contributed by atoms with Gasteiger partial charge in [0, 0.05) is 5.69 Å². The van der Waals surface area contributed by atoms with Gasteiger partial charge in [-0.05, 0) is 43.7 Å². The maximum Gasteiger partial charge on any atom is 0.119 e. The topological polar surface area (TPSA) is 21.3 Å². The normalized spacial score (nSPS) is 11.9. The lowest BCUT2D eigenvalue weighted by atomic mass is 10.2. The molecule has 2 aromatic rings. The van der Waals surface area contributed by atoms with Crippen molar-refractivity contribution in [2.75, 3.05) is 11.9 Å². The second-order valence-electron chi connectivity index (χ2n) is 4.49. The van der Waals surface area contributed by atoms with Gasteiger partial charge in [-0.2, -0.15) is 0 Å². The second-order valence-corrected chi connectivity index (χ2v) is 4.49.